The molecule has 0 aliphatic heterocycles. The van der Waals surface area contributed by atoms with Crippen LogP contribution in [-0.4, -0.2) is 35.2 Å². The number of benzene rings is 2. The Morgan fingerprint density at radius 2 is 1.82 bits per heavy atom. The zero-order chi connectivity index (χ0) is 21.1. The van der Waals surface area contributed by atoms with Gasteiger partial charge in [0.15, 0.2) is 0 Å². The number of rotatable bonds is 6. The lowest BCUT2D eigenvalue weighted by molar-refractivity contribution is -0.139. The van der Waals surface area contributed by atoms with Crippen molar-refractivity contribution in [2.45, 2.75) is 11.1 Å². The first kappa shape index (κ1) is 21.8. The van der Waals surface area contributed by atoms with Crippen LogP contribution < -0.4 is 9.04 Å². The predicted molar refractivity (Wildman–Crippen MR) is 96.0 cm³/mol. The molecule has 0 unspecified atom stereocenters. The highest BCUT2D eigenvalue weighted by Crippen LogP contribution is 2.34. The van der Waals surface area contributed by atoms with Crippen LogP contribution in [0.4, 0.5) is 18.9 Å². The third-order valence-electron chi connectivity index (χ3n) is 3.67. The Hall–Kier alpha value is -2.46. The molecule has 0 heterocycles. The summed E-state index contributed by atoms with van der Waals surface area (Å²) < 4.78 is 75.1. The lowest BCUT2D eigenvalue weighted by Gasteiger charge is -2.24. The minimum absolute atomic E-state index is 0.0226. The molecule has 152 valence electrons. The van der Waals surface area contributed by atoms with Gasteiger partial charge in [0, 0.05) is 0 Å². The van der Waals surface area contributed by atoms with E-state index in [1.54, 1.807) is 0 Å². The molecule has 0 radical (unpaired) electrons. The van der Waals surface area contributed by atoms with Crippen molar-refractivity contribution in [1.82, 2.24) is 0 Å². The first-order valence-corrected chi connectivity index (χ1v) is 9.43. The van der Waals surface area contributed by atoms with Crippen molar-refractivity contribution < 1.29 is 35.9 Å². The molecule has 0 amide bonds. The largest absolute Gasteiger partial charge is 0.495 e. The number of anilines is 1. The molecule has 28 heavy (non-hydrogen) atoms. The quantitative estimate of drug-likeness (QED) is 0.644. The zero-order valence-electron chi connectivity index (χ0n) is 14.7. The minimum Gasteiger partial charge on any atom is -0.495 e. The lowest BCUT2D eigenvalue weighted by Crippen LogP contribution is -2.36. The molecule has 0 saturated carbocycles. The van der Waals surface area contributed by atoms with Crippen LogP contribution in [0.25, 0.3) is 0 Å². The third kappa shape index (κ3) is 4.68. The molecular formula is C17H15ClF3NO5S. The Kier molecular flexibility index (Phi) is 6.45. The van der Waals surface area contributed by atoms with E-state index < -0.39 is 34.3 Å². The maximum atomic E-state index is 13.0. The summed E-state index contributed by atoms with van der Waals surface area (Å²) in [7, 11) is -2.08. The topological polar surface area (TPSA) is 72.9 Å². The fourth-order valence-electron chi connectivity index (χ4n) is 2.27. The van der Waals surface area contributed by atoms with E-state index in [1.165, 1.54) is 13.2 Å². The number of nitrogens with zero attached hydrogens (tertiary/aromatic N) is 1. The summed E-state index contributed by atoms with van der Waals surface area (Å²) in [5.74, 6) is -0.750. The molecule has 0 bridgehead atoms. The summed E-state index contributed by atoms with van der Waals surface area (Å²) in [5.41, 5.74) is -1.42. The van der Waals surface area contributed by atoms with Crippen LogP contribution in [0.15, 0.2) is 47.4 Å². The van der Waals surface area contributed by atoms with Crippen molar-refractivity contribution in [2.24, 2.45) is 0 Å². The number of halogens is 4. The maximum Gasteiger partial charge on any atom is 0.416 e. The average molecular weight is 438 g/mol. The van der Waals surface area contributed by atoms with Gasteiger partial charge < -0.3 is 9.47 Å². The zero-order valence-corrected chi connectivity index (χ0v) is 16.2. The van der Waals surface area contributed by atoms with Gasteiger partial charge in [-0.15, -0.1) is 0 Å². The number of esters is 1. The summed E-state index contributed by atoms with van der Waals surface area (Å²) in [6.07, 6.45) is -4.69. The number of methoxy groups -OCH3 is 2. The Bertz CT molecular complexity index is 979. The number of hydrogen-bond donors (Lipinski definition) is 0. The van der Waals surface area contributed by atoms with Crippen LogP contribution in [0.2, 0.25) is 5.02 Å². The molecule has 0 fully saturated rings. The number of sulfonamides is 1. The van der Waals surface area contributed by atoms with E-state index >= 15 is 0 Å². The second-order valence-corrected chi connectivity index (χ2v) is 7.70. The van der Waals surface area contributed by atoms with Crippen molar-refractivity contribution in [3.63, 3.8) is 0 Å². The molecule has 0 atom stereocenters. The molecule has 11 heteroatoms. The summed E-state index contributed by atoms with van der Waals surface area (Å²) >= 11 is 5.96. The number of alkyl halides is 3. The van der Waals surface area contributed by atoms with Gasteiger partial charge in [-0.1, -0.05) is 17.7 Å². The molecule has 0 saturated heterocycles. The molecule has 6 nitrogen and oxygen atoms in total. The standard InChI is InChI=1S/C17H15ClF3NO5S/c1-26-15-7-6-13(9-14(15)18)28(24,25)22(10-16(23)27-2)12-5-3-4-11(8-12)17(19,20)21/h3-9H,10H2,1-2H3. The Balaban J connectivity index is 2.60. The third-order valence-corrected chi connectivity index (χ3v) is 5.74. The molecule has 2 aromatic rings. The normalized spacial score (nSPS) is 11.8. The van der Waals surface area contributed by atoms with Gasteiger partial charge in [-0.05, 0) is 36.4 Å². The molecule has 0 spiro atoms. The summed E-state index contributed by atoms with van der Waals surface area (Å²) in [6, 6.07) is 7.13. The Morgan fingerprint density at radius 3 is 2.36 bits per heavy atom. The van der Waals surface area contributed by atoms with Gasteiger partial charge in [0.25, 0.3) is 10.0 Å². The molecule has 0 aliphatic rings. The van der Waals surface area contributed by atoms with E-state index in [1.807, 2.05) is 0 Å². The highest BCUT2D eigenvalue weighted by Gasteiger charge is 2.33. The van der Waals surface area contributed by atoms with Crippen LogP contribution in [-0.2, 0) is 25.7 Å². The Morgan fingerprint density at radius 1 is 1.14 bits per heavy atom. The summed E-state index contributed by atoms with van der Waals surface area (Å²) in [4.78, 5) is 11.4. The molecule has 2 aromatic carbocycles. The van der Waals surface area contributed by atoms with Crippen molar-refractivity contribution in [3.8, 4) is 5.75 Å². The first-order valence-electron chi connectivity index (χ1n) is 7.61. The van der Waals surface area contributed by atoms with Crippen molar-refractivity contribution >= 4 is 33.3 Å². The number of carbonyl (C=O) groups excluding carboxylic acids is 1. The highest BCUT2D eigenvalue weighted by atomic mass is 35.5. The van der Waals surface area contributed by atoms with E-state index in [-0.39, 0.29) is 21.4 Å². The monoisotopic (exact) mass is 437 g/mol. The van der Waals surface area contributed by atoms with Gasteiger partial charge in [-0.25, -0.2) is 8.42 Å². The van der Waals surface area contributed by atoms with Gasteiger partial charge >= 0.3 is 12.1 Å². The van der Waals surface area contributed by atoms with Crippen LogP contribution in [0.3, 0.4) is 0 Å². The van der Waals surface area contributed by atoms with Crippen LogP contribution in [0.1, 0.15) is 5.56 Å². The van der Waals surface area contributed by atoms with Gasteiger partial charge in [-0.2, -0.15) is 13.2 Å². The van der Waals surface area contributed by atoms with Gasteiger partial charge in [0.2, 0.25) is 0 Å². The van der Waals surface area contributed by atoms with Crippen LogP contribution in [0.5, 0.6) is 5.75 Å². The number of ether oxygens (including phenoxy) is 2. The molecule has 0 N–H and O–H groups in total. The van der Waals surface area contributed by atoms with E-state index in [9.17, 15) is 26.4 Å². The molecular weight excluding hydrogens is 423 g/mol. The van der Waals surface area contributed by atoms with E-state index in [0.29, 0.717) is 10.4 Å². The lowest BCUT2D eigenvalue weighted by atomic mass is 10.2. The van der Waals surface area contributed by atoms with Crippen LogP contribution in [0, 0.1) is 0 Å². The molecule has 2 rings (SSSR count). The first-order chi connectivity index (χ1) is 13.0. The van der Waals surface area contributed by atoms with E-state index in [2.05, 4.69) is 4.74 Å². The van der Waals surface area contributed by atoms with Crippen molar-refractivity contribution in [2.75, 3.05) is 25.1 Å². The van der Waals surface area contributed by atoms with Crippen molar-refractivity contribution in [3.05, 3.63) is 53.1 Å². The SMILES string of the molecule is COC(=O)CN(c1cccc(C(F)(F)F)c1)S(=O)(=O)c1ccc(OC)c(Cl)c1. The second-order valence-electron chi connectivity index (χ2n) is 5.43. The second kappa shape index (κ2) is 8.27. The minimum atomic E-state index is -4.69. The number of carbonyl (C=O) groups is 1. The summed E-state index contributed by atoms with van der Waals surface area (Å²) in [5, 5.41) is -0.0226. The predicted octanol–water partition coefficient (Wildman–Crippen LogP) is 3.74. The molecule has 0 aromatic heterocycles. The molecule has 0 aliphatic carbocycles. The van der Waals surface area contributed by atoms with Gasteiger partial charge in [-0.3, -0.25) is 9.10 Å². The average Bonchev–Trinajstić information content (AvgIpc) is 2.65. The fraction of sp³-hybridized carbons (Fsp3) is 0.235. The van der Waals surface area contributed by atoms with Gasteiger partial charge in [0.1, 0.15) is 12.3 Å². The maximum absolute atomic E-state index is 13.0. The smallest absolute Gasteiger partial charge is 0.416 e. The Labute approximate surface area is 164 Å². The van der Waals surface area contributed by atoms with Crippen molar-refractivity contribution in [1.29, 1.82) is 0 Å². The fourth-order valence-corrected chi connectivity index (χ4v) is 4.02. The summed E-state index contributed by atoms with van der Waals surface area (Å²) in [6.45, 7) is -0.830. The van der Waals surface area contributed by atoms with Gasteiger partial charge in [0.05, 0.1) is 35.4 Å². The van der Waals surface area contributed by atoms with Crippen LogP contribution >= 0.6 is 11.6 Å². The van der Waals surface area contributed by atoms with E-state index in [0.717, 1.165) is 37.4 Å². The number of hydrogen-bond acceptors (Lipinski definition) is 5. The highest BCUT2D eigenvalue weighted by molar-refractivity contribution is 7.92. The van der Waals surface area contributed by atoms with E-state index in [4.69, 9.17) is 16.3 Å².